The number of allylic oxidation sites excluding steroid dienone is 1. The highest BCUT2D eigenvalue weighted by atomic mass is 35.5. The lowest BCUT2D eigenvalue weighted by molar-refractivity contribution is 0.886. The molecule has 0 aromatic carbocycles. The molecule has 1 unspecified atom stereocenters. The molecule has 0 saturated carbocycles. The van der Waals surface area contributed by atoms with E-state index >= 15 is 0 Å². The zero-order valence-corrected chi connectivity index (χ0v) is 9.79. The van der Waals surface area contributed by atoms with Crippen molar-refractivity contribution in [3.8, 4) is 0 Å². The highest BCUT2D eigenvalue weighted by Gasteiger charge is 1.87. The van der Waals surface area contributed by atoms with Crippen molar-refractivity contribution in [2.45, 2.75) is 45.4 Å². The van der Waals surface area contributed by atoms with Gasteiger partial charge < -0.3 is 5.73 Å². The van der Waals surface area contributed by atoms with E-state index in [1.807, 2.05) is 13.0 Å². The monoisotopic (exact) mass is 213 g/mol. The third kappa shape index (κ3) is 32.1. The van der Waals surface area contributed by atoms with Gasteiger partial charge in [0.05, 0.1) is 0 Å². The third-order valence-corrected chi connectivity index (χ3v) is 1.28. The molecule has 0 aromatic heterocycles. The minimum atomic E-state index is 0. The first kappa shape index (κ1) is 18.0. The highest BCUT2D eigenvalue weighted by molar-refractivity contribution is 6.20. The van der Waals surface area contributed by atoms with Gasteiger partial charge in [0.1, 0.15) is 0 Å². The molecule has 0 spiro atoms. The highest BCUT2D eigenvalue weighted by Crippen LogP contribution is 1.98. The van der Waals surface area contributed by atoms with Gasteiger partial charge in [0, 0.05) is 5.38 Å². The zero-order chi connectivity index (χ0) is 9.11. The van der Waals surface area contributed by atoms with Crippen LogP contribution >= 0.6 is 24.0 Å². The quantitative estimate of drug-likeness (QED) is 0.712. The maximum Gasteiger partial charge on any atom is 0.0342 e. The molecule has 0 aromatic rings. The first-order valence-corrected chi connectivity index (χ1v) is 4.63. The largest absolute Gasteiger partial charge is 0.405 e. The lowest BCUT2D eigenvalue weighted by atomic mass is 10.3. The van der Waals surface area contributed by atoms with Gasteiger partial charge in [-0.25, -0.2) is 0 Å². The summed E-state index contributed by atoms with van der Waals surface area (Å²) < 4.78 is 0. The lowest BCUT2D eigenvalue weighted by Crippen LogP contribution is -1.86. The van der Waals surface area contributed by atoms with E-state index in [1.54, 1.807) is 0 Å². The number of hydrogen-bond acceptors (Lipinski definition) is 1. The number of alkyl halides is 1. The second-order valence-corrected chi connectivity index (χ2v) is 3.19. The van der Waals surface area contributed by atoms with Crippen LogP contribution in [0.4, 0.5) is 0 Å². The number of rotatable bonds is 3. The average Bonchev–Trinajstić information content (AvgIpc) is 2.01. The first-order chi connectivity index (χ1) is 5.18. The van der Waals surface area contributed by atoms with Crippen molar-refractivity contribution in [1.29, 1.82) is 0 Å². The molecule has 2 N–H and O–H groups in total. The third-order valence-electron chi connectivity index (χ3n) is 1.10. The van der Waals surface area contributed by atoms with Crippen LogP contribution in [0.3, 0.4) is 0 Å². The summed E-state index contributed by atoms with van der Waals surface area (Å²) in [5, 5.41) is 0.208. The van der Waals surface area contributed by atoms with Gasteiger partial charge >= 0.3 is 0 Å². The Morgan fingerprint density at radius 1 is 1.33 bits per heavy atom. The van der Waals surface area contributed by atoms with E-state index in [1.165, 1.54) is 19.0 Å². The molecule has 0 heterocycles. The molecule has 1 nitrogen and oxygen atoms in total. The van der Waals surface area contributed by atoms with Gasteiger partial charge in [-0.3, -0.25) is 0 Å². The fraction of sp³-hybridized carbons (Fsp3) is 0.778. The molecule has 0 bridgehead atoms. The molecule has 12 heavy (non-hydrogen) atoms. The summed E-state index contributed by atoms with van der Waals surface area (Å²) in [6.45, 7) is 6.29. The smallest absolute Gasteiger partial charge is 0.0342 e. The van der Waals surface area contributed by atoms with E-state index in [9.17, 15) is 0 Å². The number of nitrogens with two attached hydrogens (primary N) is 1. The zero-order valence-electron chi connectivity index (χ0n) is 8.22. The molecule has 0 aliphatic carbocycles. The van der Waals surface area contributed by atoms with Gasteiger partial charge in [-0.05, 0) is 19.5 Å². The molecule has 3 heteroatoms. The van der Waals surface area contributed by atoms with E-state index in [2.05, 4.69) is 13.8 Å². The molecular weight excluding hydrogens is 193 g/mol. The molecule has 0 fully saturated rings. The van der Waals surface area contributed by atoms with Gasteiger partial charge in [0.2, 0.25) is 0 Å². The molecule has 76 valence electrons. The van der Waals surface area contributed by atoms with Gasteiger partial charge in [0.15, 0.2) is 0 Å². The van der Waals surface area contributed by atoms with Crippen LogP contribution in [0.5, 0.6) is 0 Å². The second-order valence-electron chi connectivity index (χ2n) is 2.44. The van der Waals surface area contributed by atoms with Crippen LogP contribution in [-0.2, 0) is 0 Å². The predicted molar refractivity (Wildman–Crippen MR) is 61.1 cm³/mol. The van der Waals surface area contributed by atoms with Crippen molar-refractivity contribution < 1.29 is 0 Å². The Balaban J connectivity index is -0.000000142. The predicted octanol–water partition coefficient (Wildman–Crippen LogP) is 3.70. The minimum absolute atomic E-state index is 0. The van der Waals surface area contributed by atoms with Crippen LogP contribution in [0.25, 0.3) is 0 Å². The fourth-order valence-electron chi connectivity index (χ4n) is 0.266. The van der Waals surface area contributed by atoms with Crippen molar-refractivity contribution in [3.63, 3.8) is 0 Å². The average molecular weight is 214 g/mol. The summed E-state index contributed by atoms with van der Waals surface area (Å²) in [6, 6.07) is 0. The van der Waals surface area contributed by atoms with Gasteiger partial charge in [-0.1, -0.05) is 32.8 Å². The standard InChI is InChI=1S/C5H10ClN.C4H10.ClH/c1-5(6)3-2-4-7;1-3-4-2;/h2,4-5H,3,7H2,1H3;3-4H2,1-2H3;1H/b4-2+;;. The van der Waals surface area contributed by atoms with Crippen LogP contribution in [-0.4, -0.2) is 5.38 Å². The number of halogens is 2. The SMILES string of the molecule is CC(Cl)C/C=C/N.CCCC.Cl. The van der Waals surface area contributed by atoms with Crippen LogP contribution in [0.15, 0.2) is 12.3 Å². The van der Waals surface area contributed by atoms with E-state index in [0.29, 0.717) is 0 Å². The van der Waals surface area contributed by atoms with E-state index in [-0.39, 0.29) is 17.8 Å². The summed E-state index contributed by atoms with van der Waals surface area (Å²) >= 11 is 5.55. The summed E-state index contributed by atoms with van der Waals surface area (Å²) in [5.74, 6) is 0. The lowest BCUT2D eigenvalue weighted by Gasteiger charge is -1.90. The van der Waals surface area contributed by atoms with E-state index in [4.69, 9.17) is 17.3 Å². The van der Waals surface area contributed by atoms with Crippen molar-refractivity contribution >= 4 is 24.0 Å². The van der Waals surface area contributed by atoms with Crippen molar-refractivity contribution in [3.05, 3.63) is 12.3 Å². The summed E-state index contributed by atoms with van der Waals surface area (Å²) in [7, 11) is 0. The summed E-state index contributed by atoms with van der Waals surface area (Å²) in [5.41, 5.74) is 5.04. The Morgan fingerprint density at radius 3 is 1.83 bits per heavy atom. The maximum absolute atomic E-state index is 5.55. The minimum Gasteiger partial charge on any atom is -0.405 e. The summed E-state index contributed by atoms with van der Waals surface area (Å²) in [4.78, 5) is 0. The maximum atomic E-state index is 5.55. The Labute approximate surface area is 87.8 Å². The molecule has 0 saturated heterocycles. The van der Waals surface area contributed by atoms with Crippen molar-refractivity contribution in [2.75, 3.05) is 0 Å². The molecular formula is C9H21Cl2N. The van der Waals surface area contributed by atoms with Crippen molar-refractivity contribution in [2.24, 2.45) is 5.73 Å². The number of hydrogen-bond donors (Lipinski definition) is 1. The van der Waals surface area contributed by atoms with Gasteiger partial charge in [-0.2, -0.15) is 0 Å². The van der Waals surface area contributed by atoms with Crippen LogP contribution < -0.4 is 5.73 Å². The Morgan fingerprint density at radius 2 is 1.75 bits per heavy atom. The van der Waals surface area contributed by atoms with E-state index < -0.39 is 0 Å². The fourth-order valence-corrected chi connectivity index (χ4v) is 0.369. The van der Waals surface area contributed by atoms with Gasteiger partial charge in [-0.15, -0.1) is 24.0 Å². The summed E-state index contributed by atoms with van der Waals surface area (Å²) in [6.07, 6.45) is 6.86. The second kappa shape index (κ2) is 17.3. The Hall–Kier alpha value is 0.120. The molecule has 0 aliphatic heterocycles. The molecule has 0 radical (unpaired) electrons. The first-order valence-electron chi connectivity index (χ1n) is 4.19. The number of unbranched alkanes of at least 4 members (excludes halogenated alkanes) is 1. The van der Waals surface area contributed by atoms with E-state index in [0.717, 1.165) is 6.42 Å². The molecule has 1 atom stereocenters. The Bertz CT molecular complexity index is 80.6. The van der Waals surface area contributed by atoms with Crippen LogP contribution in [0, 0.1) is 0 Å². The molecule has 0 rings (SSSR count). The molecule has 0 aliphatic rings. The van der Waals surface area contributed by atoms with Gasteiger partial charge in [0.25, 0.3) is 0 Å². The van der Waals surface area contributed by atoms with Crippen LogP contribution in [0.1, 0.15) is 40.0 Å². The van der Waals surface area contributed by atoms with Crippen LogP contribution in [0.2, 0.25) is 0 Å². The molecule has 0 amide bonds. The Kier molecular flexibility index (Phi) is 25.9. The topological polar surface area (TPSA) is 26.0 Å². The van der Waals surface area contributed by atoms with Crippen molar-refractivity contribution in [1.82, 2.24) is 0 Å². The normalized spacial score (nSPS) is 11.3.